The highest BCUT2D eigenvalue weighted by Gasteiger charge is 2.21. The second kappa shape index (κ2) is 4.48. The Morgan fingerprint density at radius 3 is 2.58 bits per heavy atom. The summed E-state index contributed by atoms with van der Waals surface area (Å²) in [5, 5.41) is 8.87. The summed E-state index contributed by atoms with van der Waals surface area (Å²) in [7, 11) is 0. The fourth-order valence-corrected chi connectivity index (χ4v) is 2.01. The molecule has 1 rings (SSSR count). The number of rotatable bonds is 1. The van der Waals surface area contributed by atoms with Crippen molar-refractivity contribution in [2.75, 3.05) is 0 Å². The Bertz CT molecular complexity index is 154. The molecular weight excluding hydrogens is 152 g/mol. The first kappa shape index (κ1) is 9.56. The monoisotopic (exact) mass is 170 g/mol. The molecule has 1 aliphatic carbocycles. The molecule has 1 aliphatic rings. The summed E-state index contributed by atoms with van der Waals surface area (Å²) < 4.78 is 0. The van der Waals surface area contributed by atoms with Crippen LogP contribution >= 0.6 is 0 Å². The SMILES string of the molecule is CC1CCCCCC(C(=O)O)C1. The van der Waals surface area contributed by atoms with Crippen LogP contribution in [0, 0.1) is 11.8 Å². The molecule has 0 radical (unpaired) electrons. The lowest BCUT2D eigenvalue weighted by atomic mass is 9.85. The van der Waals surface area contributed by atoms with Crippen LogP contribution in [0.3, 0.4) is 0 Å². The first-order valence-electron chi connectivity index (χ1n) is 4.93. The van der Waals surface area contributed by atoms with Gasteiger partial charge in [-0.05, 0) is 18.8 Å². The summed E-state index contributed by atoms with van der Waals surface area (Å²) in [4.78, 5) is 10.8. The van der Waals surface area contributed by atoms with Crippen molar-refractivity contribution in [3.05, 3.63) is 0 Å². The molecule has 0 aromatic rings. The van der Waals surface area contributed by atoms with E-state index in [-0.39, 0.29) is 5.92 Å². The number of aliphatic carboxylic acids is 1. The van der Waals surface area contributed by atoms with E-state index >= 15 is 0 Å². The van der Waals surface area contributed by atoms with Gasteiger partial charge in [-0.25, -0.2) is 0 Å². The number of hydrogen-bond donors (Lipinski definition) is 1. The summed E-state index contributed by atoms with van der Waals surface area (Å²) in [6.45, 7) is 2.17. The molecule has 2 atom stereocenters. The zero-order chi connectivity index (χ0) is 8.97. The molecule has 12 heavy (non-hydrogen) atoms. The first-order valence-corrected chi connectivity index (χ1v) is 4.93. The Kier molecular flexibility index (Phi) is 3.57. The van der Waals surface area contributed by atoms with E-state index in [1.165, 1.54) is 19.3 Å². The van der Waals surface area contributed by atoms with E-state index in [4.69, 9.17) is 5.11 Å². The van der Waals surface area contributed by atoms with Crippen LogP contribution in [-0.4, -0.2) is 11.1 Å². The maximum Gasteiger partial charge on any atom is 0.306 e. The molecule has 0 bridgehead atoms. The maximum absolute atomic E-state index is 10.8. The smallest absolute Gasteiger partial charge is 0.306 e. The Labute approximate surface area is 74.0 Å². The quantitative estimate of drug-likeness (QED) is 0.657. The van der Waals surface area contributed by atoms with Crippen molar-refractivity contribution >= 4 is 5.97 Å². The molecule has 0 aliphatic heterocycles. The van der Waals surface area contributed by atoms with Gasteiger partial charge in [0, 0.05) is 0 Å². The molecule has 2 heteroatoms. The molecule has 0 amide bonds. The Morgan fingerprint density at radius 2 is 1.92 bits per heavy atom. The van der Waals surface area contributed by atoms with Crippen LogP contribution in [0.15, 0.2) is 0 Å². The number of carboxylic acid groups (broad SMARTS) is 1. The molecule has 0 saturated heterocycles. The summed E-state index contributed by atoms with van der Waals surface area (Å²) in [6.07, 6.45) is 6.59. The van der Waals surface area contributed by atoms with Crippen molar-refractivity contribution in [1.82, 2.24) is 0 Å². The lowest BCUT2D eigenvalue weighted by Gasteiger charge is -2.20. The number of hydrogen-bond acceptors (Lipinski definition) is 1. The Hall–Kier alpha value is -0.530. The molecule has 0 aromatic carbocycles. The van der Waals surface area contributed by atoms with Gasteiger partial charge in [0.15, 0.2) is 0 Å². The number of carbonyl (C=O) groups is 1. The third-order valence-electron chi connectivity index (χ3n) is 2.79. The van der Waals surface area contributed by atoms with Gasteiger partial charge >= 0.3 is 5.97 Å². The van der Waals surface area contributed by atoms with E-state index in [0.717, 1.165) is 19.3 Å². The third-order valence-corrected chi connectivity index (χ3v) is 2.79. The largest absolute Gasteiger partial charge is 0.481 e. The molecule has 1 N–H and O–H groups in total. The minimum atomic E-state index is -0.594. The minimum Gasteiger partial charge on any atom is -0.481 e. The second-order valence-corrected chi connectivity index (χ2v) is 4.01. The Balaban J connectivity index is 2.43. The van der Waals surface area contributed by atoms with E-state index in [0.29, 0.717) is 5.92 Å². The van der Waals surface area contributed by atoms with Crippen LogP contribution < -0.4 is 0 Å². The van der Waals surface area contributed by atoms with Crippen LogP contribution in [0.25, 0.3) is 0 Å². The van der Waals surface area contributed by atoms with Gasteiger partial charge in [0.2, 0.25) is 0 Å². The van der Waals surface area contributed by atoms with Gasteiger partial charge in [0.1, 0.15) is 0 Å². The van der Waals surface area contributed by atoms with E-state index in [9.17, 15) is 4.79 Å². The van der Waals surface area contributed by atoms with Crippen molar-refractivity contribution < 1.29 is 9.90 Å². The van der Waals surface area contributed by atoms with Crippen LogP contribution in [0.1, 0.15) is 45.4 Å². The van der Waals surface area contributed by atoms with Gasteiger partial charge < -0.3 is 5.11 Å². The molecule has 2 nitrogen and oxygen atoms in total. The van der Waals surface area contributed by atoms with Crippen molar-refractivity contribution in [2.45, 2.75) is 45.4 Å². The van der Waals surface area contributed by atoms with Crippen molar-refractivity contribution in [3.63, 3.8) is 0 Å². The molecule has 1 saturated carbocycles. The topological polar surface area (TPSA) is 37.3 Å². The molecule has 0 aromatic heterocycles. The van der Waals surface area contributed by atoms with Crippen LogP contribution in [0.2, 0.25) is 0 Å². The highest BCUT2D eigenvalue weighted by molar-refractivity contribution is 5.69. The van der Waals surface area contributed by atoms with Gasteiger partial charge in [0.05, 0.1) is 5.92 Å². The average Bonchev–Trinajstić information content (AvgIpc) is 1.95. The van der Waals surface area contributed by atoms with Gasteiger partial charge in [-0.1, -0.05) is 32.6 Å². The summed E-state index contributed by atoms with van der Waals surface area (Å²) in [5.74, 6) is -0.0598. The molecule has 0 heterocycles. The minimum absolute atomic E-state index is 0.0692. The first-order chi connectivity index (χ1) is 5.70. The fourth-order valence-electron chi connectivity index (χ4n) is 2.01. The predicted molar refractivity (Wildman–Crippen MR) is 48.0 cm³/mol. The van der Waals surface area contributed by atoms with Crippen molar-refractivity contribution in [1.29, 1.82) is 0 Å². The van der Waals surface area contributed by atoms with E-state index in [1.54, 1.807) is 0 Å². The highest BCUT2D eigenvalue weighted by Crippen LogP contribution is 2.26. The molecule has 1 fully saturated rings. The summed E-state index contributed by atoms with van der Waals surface area (Å²) >= 11 is 0. The van der Waals surface area contributed by atoms with E-state index in [2.05, 4.69) is 6.92 Å². The third kappa shape index (κ3) is 2.84. The number of carboxylic acids is 1. The molecular formula is C10H18O2. The van der Waals surface area contributed by atoms with Crippen molar-refractivity contribution in [3.8, 4) is 0 Å². The lowest BCUT2D eigenvalue weighted by molar-refractivity contribution is -0.142. The van der Waals surface area contributed by atoms with Crippen LogP contribution in [0.4, 0.5) is 0 Å². The molecule has 2 unspecified atom stereocenters. The second-order valence-electron chi connectivity index (χ2n) is 4.01. The van der Waals surface area contributed by atoms with E-state index in [1.807, 2.05) is 0 Å². The van der Waals surface area contributed by atoms with Gasteiger partial charge in [-0.3, -0.25) is 4.79 Å². The standard InChI is InChI=1S/C10H18O2/c1-8-5-3-2-4-6-9(7-8)10(11)12/h8-9H,2-7H2,1H3,(H,11,12). The normalized spacial score (nSPS) is 32.1. The summed E-state index contributed by atoms with van der Waals surface area (Å²) in [6, 6.07) is 0. The van der Waals surface area contributed by atoms with Gasteiger partial charge in [-0.2, -0.15) is 0 Å². The Morgan fingerprint density at radius 1 is 1.25 bits per heavy atom. The van der Waals surface area contributed by atoms with Crippen molar-refractivity contribution in [2.24, 2.45) is 11.8 Å². The van der Waals surface area contributed by atoms with Crippen LogP contribution in [-0.2, 0) is 4.79 Å². The van der Waals surface area contributed by atoms with E-state index < -0.39 is 5.97 Å². The highest BCUT2D eigenvalue weighted by atomic mass is 16.4. The zero-order valence-electron chi connectivity index (χ0n) is 7.75. The van der Waals surface area contributed by atoms with Gasteiger partial charge in [-0.15, -0.1) is 0 Å². The molecule has 70 valence electrons. The van der Waals surface area contributed by atoms with Gasteiger partial charge in [0.25, 0.3) is 0 Å². The maximum atomic E-state index is 10.8. The summed E-state index contributed by atoms with van der Waals surface area (Å²) in [5.41, 5.74) is 0. The lowest BCUT2D eigenvalue weighted by Crippen LogP contribution is -2.18. The predicted octanol–water partition coefficient (Wildman–Crippen LogP) is 2.68. The van der Waals surface area contributed by atoms with Crippen LogP contribution in [0.5, 0.6) is 0 Å². The molecule has 0 spiro atoms. The zero-order valence-corrected chi connectivity index (χ0v) is 7.75. The fraction of sp³-hybridized carbons (Fsp3) is 0.900. The average molecular weight is 170 g/mol.